The van der Waals surface area contributed by atoms with Crippen LogP contribution < -0.4 is 0 Å². The Balaban J connectivity index is 1.85. The lowest BCUT2D eigenvalue weighted by Gasteiger charge is -2.38. The molecule has 0 bridgehead atoms. The number of hydrogen-bond acceptors (Lipinski definition) is 1. The van der Waals surface area contributed by atoms with Crippen LogP contribution in [0.3, 0.4) is 0 Å². The van der Waals surface area contributed by atoms with Crippen LogP contribution in [0, 0.1) is 17.8 Å². The SMILES string of the molecule is C#CCN1CCC2(CCCC2)CC1. The number of nitrogens with zero attached hydrogens (tertiary/aromatic N) is 1. The van der Waals surface area contributed by atoms with E-state index in [2.05, 4.69) is 10.8 Å². The Kier molecular flexibility index (Phi) is 2.60. The first-order valence-corrected chi connectivity index (χ1v) is 5.51. The van der Waals surface area contributed by atoms with Gasteiger partial charge in [-0.05, 0) is 44.2 Å². The van der Waals surface area contributed by atoms with Gasteiger partial charge in [-0.15, -0.1) is 6.42 Å². The Bertz CT molecular complexity index is 198. The Labute approximate surface area is 81.5 Å². The van der Waals surface area contributed by atoms with Crippen LogP contribution >= 0.6 is 0 Å². The molecular formula is C12H19N. The van der Waals surface area contributed by atoms with Gasteiger partial charge in [-0.3, -0.25) is 4.90 Å². The van der Waals surface area contributed by atoms with Crippen LogP contribution in [0.25, 0.3) is 0 Å². The van der Waals surface area contributed by atoms with Crippen molar-refractivity contribution in [3.8, 4) is 12.3 Å². The molecule has 1 heteroatoms. The molecule has 2 aliphatic rings. The summed E-state index contributed by atoms with van der Waals surface area (Å²) in [6.07, 6.45) is 14.0. The monoisotopic (exact) mass is 177 g/mol. The van der Waals surface area contributed by atoms with Crippen molar-refractivity contribution in [1.82, 2.24) is 4.90 Å². The molecule has 13 heavy (non-hydrogen) atoms. The minimum absolute atomic E-state index is 0.741. The van der Waals surface area contributed by atoms with Gasteiger partial charge in [-0.1, -0.05) is 18.8 Å². The summed E-state index contributed by atoms with van der Waals surface area (Å²) in [5.41, 5.74) is 0.741. The molecule has 0 aromatic carbocycles. The second-order valence-electron chi connectivity index (χ2n) is 4.69. The summed E-state index contributed by atoms with van der Waals surface area (Å²) in [6, 6.07) is 0. The molecule has 1 spiro atoms. The zero-order valence-corrected chi connectivity index (χ0v) is 8.39. The zero-order chi connectivity index (χ0) is 9.15. The maximum atomic E-state index is 5.31. The quantitative estimate of drug-likeness (QED) is 0.555. The first kappa shape index (κ1) is 9.09. The van der Waals surface area contributed by atoms with E-state index in [9.17, 15) is 0 Å². The van der Waals surface area contributed by atoms with Gasteiger partial charge in [0, 0.05) is 0 Å². The molecule has 2 fully saturated rings. The van der Waals surface area contributed by atoms with E-state index in [0.717, 1.165) is 12.0 Å². The van der Waals surface area contributed by atoms with Crippen LogP contribution in [0.5, 0.6) is 0 Å². The number of hydrogen-bond donors (Lipinski definition) is 0. The van der Waals surface area contributed by atoms with Gasteiger partial charge >= 0.3 is 0 Å². The summed E-state index contributed by atoms with van der Waals surface area (Å²) in [6.45, 7) is 3.34. The summed E-state index contributed by atoms with van der Waals surface area (Å²) in [7, 11) is 0. The third kappa shape index (κ3) is 1.89. The summed E-state index contributed by atoms with van der Waals surface area (Å²) in [4.78, 5) is 2.42. The minimum Gasteiger partial charge on any atom is -0.292 e. The minimum atomic E-state index is 0.741. The number of rotatable bonds is 1. The third-order valence-electron chi connectivity index (χ3n) is 3.90. The second kappa shape index (κ2) is 3.72. The van der Waals surface area contributed by atoms with Crippen LogP contribution in [-0.2, 0) is 0 Å². The maximum absolute atomic E-state index is 5.31. The Morgan fingerprint density at radius 2 is 1.69 bits per heavy atom. The molecule has 1 nitrogen and oxygen atoms in total. The normalized spacial score (nSPS) is 27.6. The third-order valence-corrected chi connectivity index (χ3v) is 3.90. The van der Waals surface area contributed by atoms with E-state index in [1.54, 1.807) is 0 Å². The van der Waals surface area contributed by atoms with Crippen molar-refractivity contribution in [2.24, 2.45) is 5.41 Å². The molecule has 1 saturated carbocycles. The molecule has 0 atom stereocenters. The van der Waals surface area contributed by atoms with E-state index in [1.165, 1.54) is 51.6 Å². The standard InChI is InChI=1S/C12H19N/c1-2-9-13-10-7-12(8-11-13)5-3-4-6-12/h1H,3-11H2. The zero-order valence-electron chi connectivity index (χ0n) is 8.39. The molecule has 0 radical (unpaired) electrons. The molecule has 1 saturated heterocycles. The Morgan fingerprint density at radius 1 is 1.08 bits per heavy atom. The van der Waals surface area contributed by atoms with Gasteiger partial charge in [0.2, 0.25) is 0 Å². The average Bonchev–Trinajstić information content (AvgIpc) is 2.59. The first-order chi connectivity index (χ1) is 6.35. The van der Waals surface area contributed by atoms with Crippen LogP contribution in [0.1, 0.15) is 38.5 Å². The van der Waals surface area contributed by atoms with Crippen LogP contribution in [0.4, 0.5) is 0 Å². The van der Waals surface area contributed by atoms with Crippen LogP contribution in [0.15, 0.2) is 0 Å². The molecule has 0 unspecified atom stereocenters. The van der Waals surface area contributed by atoms with Crippen molar-refractivity contribution in [1.29, 1.82) is 0 Å². The molecule has 1 aliphatic heterocycles. The maximum Gasteiger partial charge on any atom is 0.0598 e. The lowest BCUT2D eigenvalue weighted by Crippen LogP contribution is -2.38. The number of piperidine rings is 1. The van der Waals surface area contributed by atoms with Gasteiger partial charge < -0.3 is 0 Å². The lowest BCUT2D eigenvalue weighted by molar-refractivity contribution is 0.119. The van der Waals surface area contributed by atoms with Crippen molar-refractivity contribution < 1.29 is 0 Å². The fourth-order valence-corrected chi connectivity index (χ4v) is 2.94. The van der Waals surface area contributed by atoms with Crippen LogP contribution in [-0.4, -0.2) is 24.5 Å². The fraction of sp³-hybridized carbons (Fsp3) is 0.833. The number of terminal acetylenes is 1. The summed E-state index contributed by atoms with van der Waals surface area (Å²) < 4.78 is 0. The molecular weight excluding hydrogens is 158 g/mol. The highest BCUT2D eigenvalue weighted by atomic mass is 15.1. The van der Waals surface area contributed by atoms with Crippen molar-refractivity contribution in [3.63, 3.8) is 0 Å². The smallest absolute Gasteiger partial charge is 0.0598 e. The summed E-state index contributed by atoms with van der Waals surface area (Å²) in [5, 5.41) is 0. The van der Waals surface area contributed by atoms with E-state index in [4.69, 9.17) is 6.42 Å². The van der Waals surface area contributed by atoms with E-state index in [0.29, 0.717) is 0 Å². The van der Waals surface area contributed by atoms with Gasteiger partial charge in [0.15, 0.2) is 0 Å². The topological polar surface area (TPSA) is 3.24 Å². The Hall–Kier alpha value is -0.480. The highest BCUT2D eigenvalue weighted by Gasteiger charge is 2.36. The van der Waals surface area contributed by atoms with Gasteiger partial charge in [0.05, 0.1) is 6.54 Å². The largest absolute Gasteiger partial charge is 0.292 e. The second-order valence-corrected chi connectivity index (χ2v) is 4.69. The van der Waals surface area contributed by atoms with Crippen molar-refractivity contribution in [2.75, 3.05) is 19.6 Å². The molecule has 0 amide bonds. The molecule has 2 rings (SSSR count). The summed E-state index contributed by atoms with van der Waals surface area (Å²) >= 11 is 0. The molecule has 0 N–H and O–H groups in total. The predicted molar refractivity (Wildman–Crippen MR) is 55.4 cm³/mol. The first-order valence-electron chi connectivity index (χ1n) is 5.51. The van der Waals surface area contributed by atoms with Gasteiger partial charge in [-0.25, -0.2) is 0 Å². The highest BCUT2D eigenvalue weighted by molar-refractivity contribution is 4.94. The van der Waals surface area contributed by atoms with Crippen LogP contribution in [0.2, 0.25) is 0 Å². The van der Waals surface area contributed by atoms with E-state index >= 15 is 0 Å². The Morgan fingerprint density at radius 3 is 2.23 bits per heavy atom. The molecule has 72 valence electrons. The fourth-order valence-electron chi connectivity index (χ4n) is 2.94. The van der Waals surface area contributed by atoms with Crippen molar-refractivity contribution in [3.05, 3.63) is 0 Å². The van der Waals surface area contributed by atoms with E-state index in [-0.39, 0.29) is 0 Å². The van der Waals surface area contributed by atoms with Gasteiger partial charge in [0.1, 0.15) is 0 Å². The van der Waals surface area contributed by atoms with Gasteiger partial charge in [-0.2, -0.15) is 0 Å². The van der Waals surface area contributed by atoms with Crippen molar-refractivity contribution >= 4 is 0 Å². The highest BCUT2D eigenvalue weighted by Crippen LogP contribution is 2.45. The molecule has 1 heterocycles. The summed E-state index contributed by atoms with van der Waals surface area (Å²) in [5.74, 6) is 2.74. The molecule has 0 aromatic rings. The van der Waals surface area contributed by atoms with E-state index < -0.39 is 0 Å². The average molecular weight is 177 g/mol. The molecule has 0 aromatic heterocycles. The lowest BCUT2D eigenvalue weighted by atomic mass is 9.77. The molecule has 1 aliphatic carbocycles. The number of likely N-dealkylation sites (tertiary alicyclic amines) is 1. The van der Waals surface area contributed by atoms with Crippen molar-refractivity contribution in [2.45, 2.75) is 38.5 Å². The predicted octanol–water partition coefficient (Wildman–Crippen LogP) is 2.28. The van der Waals surface area contributed by atoms with Gasteiger partial charge in [0.25, 0.3) is 0 Å². The van der Waals surface area contributed by atoms with E-state index in [1.807, 2.05) is 0 Å².